The summed E-state index contributed by atoms with van der Waals surface area (Å²) in [6.07, 6.45) is 0.712. The number of aliphatic hydroxyl groups excluding tert-OH is 3. The van der Waals surface area contributed by atoms with Gasteiger partial charge < -0.3 is 29.5 Å². The van der Waals surface area contributed by atoms with Crippen molar-refractivity contribution in [1.29, 1.82) is 0 Å². The standard InChI is InChI=1S/C25H29ClO6/c1-30-25(24(29)21(28)12-18(13-27)32-25)20-11-17(22(26)23-19(20)8-9-31-23)10-14-2-4-15(5-3-14)16-6-7-16/h2-5,11,16,18,21,24,27-29H,6-10,12-13H2,1H3/t18-,21-,24+,25?/m0/s1. The number of halogens is 1. The normalized spacial score (nSPS) is 29.6. The van der Waals surface area contributed by atoms with Crippen molar-refractivity contribution in [1.82, 2.24) is 0 Å². The van der Waals surface area contributed by atoms with Crippen LogP contribution in [0.2, 0.25) is 5.02 Å². The van der Waals surface area contributed by atoms with E-state index in [9.17, 15) is 15.3 Å². The fourth-order valence-electron chi connectivity index (χ4n) is 4.99. The largest absolute Gasteiger partial charge is 0.491 e. The Morgan fingerprint density at radius 1 is 1.19 bits per heavy atom. The zero-order chi connectivity index (χ0) is 22.5. The molecule has 7 heteroatoms. The van der Waals surface area contributed by atoms with Gasteiger partial charge in [-0.05, 0) is 47.9 Å². The lowest BCUT2D eigenvalue weighted by Crippen LogP contribution is -2.57. The van der Waals surface area contributed by atoms with Gasteiger partial charge in [0.05, 0.1) is 30.4 Å². The van der Waals surface area contributed by atoms with Crippen molar-refractivity contribution < 1.29 is 29.5 Å². The van der Waals surface area contributed by atoms with E-state index in [-0.39, 0.29) is 13.0 Å². The van der Waals surface area contributed by atoms with Crippen molar-refractivity contribution in [2.45, 2.75) is 62.1 Å². The first-order valence-electron chi connectivity index (χ1n) is 11.2. The van der Waals surface area contributed by atoms with Crippen LogP contribution in [0, 0.1) is 0 Å². The fourth-order valence-corrected chi connectivity index (χ4v) is 5.28. The summed E-state index contributed by atoms with van der Waals surface area (Å²) in [6.45, 7) is 0.171. The number of hydrogen-bond donors (Lipinski definition) is 3. The van der Waals surface area contributed by atoms with E-state index < -0.39 is 24.1 Å². The molecule has 5 rings (SSSR count). The number of hydrogen-bond acceptors (Lipinski definition) is 6. The summed E-state index contributed by atoms with van der Waals surface area (Å²) >= 11 is 6.76. The molecule has 3 aliphatic rings. The number of fused-ring (bicyclic) bond motifs is 1. The van der Waals surface area contributed by atoms with Crippen LogP contribution < -0.4 is 4.74 Å². The molecule has 32 heavy (non-hydrogen) atoms. The van der Waals surface area contributed by atoms with Crippen molar-refractivity contribution in [2.75, 3.05) is 20.3 Å². The number of aliphatic hydroxyl groups is 3. The van der Waals surface area contributed by atoms with Gasteiger partial charge in [0.2, 0.25) is 5.79 Å². The highest BCUT2D eigenvalue weighted by Crippen LogP contribution is 2.48. The third-order valence-electron chi connectivity index (χ3n) is 6.90. The Morgan fingerprint density at radius 3 is 2.59 bits per heavy atom. The van der Waals surface area contributed by atoms with E-state index in [1.54, 1.807) is 0 Å². The molecule has 2 aliphatic heterocycles. The lowest BCUT2D eigenvalue weighted by atomic mass is 9.85. The van der Waals surface area contributed by atoms with Crippen LogP contribution in [0.15, 0.2) is 30.3 Å². The van der Waals surface area contributed by atoms with E-state index in [1.165, 1.54) is 25.5 Å². The molecule has 1 aliphatic carbocycles. The Labute approximate surface area is 192 Å². The van der Waals surface area contributed by atoms with Crippen LogP contribution in [0.4, 0.5) is 0 Å². The SMILES string of the molecule is COC1(c2cc(Cc3ccc(C4CC4)cc3)c(Cl)c3c2CCO3)O[C@H](CO)C[C@H](O)[C@H]1O. The highest BCUT2D eigenvalue weighted by Gasteiger charge is 2.53. The summed E-state index contributed by atoms with van der Waals surface area (Å²) in [5, 5.41) is 31.7. The van der Waals surface area contributed by atoms with Gasteiger partial charge in [-0.3, -0.25) is 0 Å². The third-order valence-corrected chi connectivity index (χ3v) is 7.32. The molecule has 2 aromatic rings. The van der Waals surface area contributed by atoms with Gasteiger partial charge in [0.25, 0.3) is 0 Å². The Bertz CT molecular complexity index is 989. The summed E-state index contributed by atoms with van der Waals surface area (Å²) in [7, 11) is 1.43. The zero-order valence-electron chi connectivity index (χ0n) is 18.1. The van der Waals surface area contributed by atoms with Crippen molar-refractivity contribution in [3.05, 3.63) is 63.2 Å². The molecule has 3 N–H and O–H groups in total. The van der Waals surface area contributed by atoms with Gasteiger partial charge in [0.15, 0.2) is 0 Å². The lowest BCUT2D eigenvalue weighted by molar-refractivity contribution is -0.345. The van der Waals surface area contributed by atoms with Crippen LogP contribution >= 0.6 is 11.6 Å². The van der Waals surface area contributed by atoms with E-state index in [1.807, 2.05) is 6.07 Å². The van der Waals surface area contributed by atoms with Crippen molar-refractivity contribution >= 4 is 11.6 Å². The van der Waals surface area contributed by atoms with Crippen LogP contribution in [-0.2, 0) is 28.1 Å². The molecule has 4 atom stereocenters. The van der Waals surface area contributed by atoms with Crippen LogP contribution in [0.25, 0.3) is 0 Å². The number of ether oxygens (including phenoxy) is 3. The molecule has 0 spiro atoms. The predicted octanol–water partition coefficient (Wildman–Crippen LogP) is 3.05. The molecular weight excluding hydrogens is 432 g/mol. The Hall–Kier alpha value is -1.67. The molecule has 2 heterocycles. The minimum absolute atomic E-state index is 0.120. The number of methoxy groups -OCH3 is 1. The zero-order valence-corrected chi connectivity index (χ0v) is 18.8. The summed E-state index contributed by atoms with van der Waals surface area (Å²) in [5.74, 6) is -0.357. The third kappa shape index (κ3) is 3.73. The van der Waals surface area contributed by atoms with Crippen LogP contribution in [0.1, 0.15) is 53.0 Å². The smallest absolute Gasteiger partial charge is 0.224 e. The molecule has 0 aromatic heterocycles. The van der Waals surface area contributed by atoms with Gasteiger partial charge in [-0.1, -0.05) is 35.9 Å². The van der Waals surface area contributed by atoms with Gasteiger partial charge in [0, 0.05) is 31.1 Å². The Balaban J connectivity index is 1.57. The first-order valence-corrected chi connectivity index (χ1v) is 11.6. The van der Waals surface area contributed by atoms with Gasteiger partial charge in [-0.15, -0.1) is 0 Å². The van der Waals surface area contributed by atoms with E-state index in [2.05, 4.69) is 24.3 Å². The molecule has 1 saturated carbocycles. The molecule has 0 radical (unpaired) electrons. The van der Waals surface area contributed by atoms with E-state index in [0.29, 0.717) is 41.7 Å². The van der Waals surface area contributed by atoms with Gasteiger partial charge in [-0.2, -0.15) is 0 Å². The quantitative estimate of drug-likeness (QED) is 0.614. The van der Waals surface area contributed by atoms with Gasteiger partial charge in [-0.25, -0.2) is 0 Å². The monoisotopic (exact) mass is 460 g/mol. The molecule has 1 unspecified atom stereocenters. The average molecular weight is 461 g/mol. The number of benzene rings is 2. The second kappa shape index (κ2) is 8.60. The highest BCUT2D eigenvalue weighted by atomic mass is 35.5. The first-order chi connectivity index (χ1) is 15.5. The van der Waals surface area contributed by atoms with Crippen LogP contribution in [0.3, 0.4) is 0 Å². The molecular formula is C25H29ClO6. The fraction of sp³-hybridized carbons (Fsp3) is 0.520. The summed E-state index contributed by atoms with van der Waals surface area (Å²) in [5.41, 5.74) is 4.71. The summed E-state index contributed by atoms with van der Waals surface area (Å²) in [6, 6.07) is 10.5. The van der Waals surface area contributed by atoms with Crippen molar-refractivity contribution in [3.8, 4) is 5.75 Å². The van der Waals surface area contributed by atoms with E-state index in [0.717, 1.165) is 16.7 Å². The molecule has 172 valence electrons. The second-order valence-electron chi connectivity index (χ2n) is 9.04. The van der Waals surface area contributed by atoms with Crippen LogP contribution in [-0.4, -0.2) is 54.0 Å². The Kier molecular flexibility index (Phi) is 5.95. The summed E-state index contributed by atoms with van der Waals surface area (Å²) in [4.78, 5) is 0. The topological polar surface area (TPSA) is 88.4 Å². The van der Waals surface area contributed by atoms with Gasteiger partial charge in [0.1, 0.15) is 11.9 Å². The minimum Gasteiger partial charge on any atom is -0.491 e. The summed E-state index contributed by atoms with van der Waals surface area (Å²) < 4.78 is 17.7. The average Bonchev–Trinajstić information content (AvgIpc) is 3.54. The second-order valence-corrected chi connectivity index (χ2v) is 9.42. The van der Waals surface area contributed by atoms with Crippen LogP contribution in [0.5, 0.6) is 5.75 Å². The minimum atomic E-state index is -1.63. The predicted molar refractivity (Wildman–Crippen MR) is 119 cm³/mol. The van der Waals surface area contributed by atoms with Gasteiger partial charge >= 0.3 is 0 Å². The van der Waals surface area contributed by atoms with E-state index >= 15 is 0 Å². The lowest BCUT2D eigenvalue weighted by Gasteiger charge is -2.46. The number of rotatable bonds is 6. The maximum absolute atomic E-state index is 11.0. The maximum atomic E-state index is 11.0. The molecule has 6 nitrogen and oxygen atoms in total. The first kappa shape index (κ1) is 22.1. The van der Waals surface area contributed by atoms with Crippen molar-refractivity contribution in [3.63, 3.8) is 0 Å². The molecule has 2 fully saturated rings. The van der Waals surface area contributed by atoms with Crippen molar-refractivity contribution in [2.24, 2.45) is 0 Å². The maximum Gasteiger partial charge on any atom is 0.224 e. The molecule has 2 aromatic carbocycles. The Morgan fingerprint density at radius 2 is 1.94 bits per heavy atom. The molecule has 0 amide bonds. The van der Waals surface area contributed by atoms with E-state index in [4.69, 9.17) is 25.8 Å². The highest BCUT2D eigenvalue weighted by molar-refractivity contribution is 6.33. The molecule has 0 bridgehead atoms. The molecule has 1 saturated heterocycles.